The maximum atomic E-state index is 12.4. The summed E-state index contributed by atoms with van der Waals surface area (Å²) in [4.78, 5) is 0.226. The molecule has 3 rings (SSSR count). The highest BCUT2D eigenvalue weighted by Gasteiger charge is 2.13. The van der Waals surface area contributed by atoms with Crippen molar-refractivity contribution in [3.05, 3.63) is 83.9 Å². The lowest BCUT2D eigenvalue weighted by Gasteiger charge is -2.12. The van der Waals surface area contributed by atoms with Gasteiger partial charge in [0.15, 0.2) is 5.11 Å². The Bertz CT molecular complexity index is 1080. The summed E-state index contributed by atoms with van der Waals surface area (Å²) in [5.74, 6) is 0. The fourth-order valence-electron chi connectivity index (χ4n) is 2.57. The Kier molecular flexibility index (Phi) is 5.96. The molecule has 3 N–H and O–H groups in total. The number of hydrogen-bond donors (Lipinski definition) is 3. The zero-order chi connectivity index (χ0) is 20.1. The van der Waals surface area contributed by atoms with Gasteiger partial charge >= 0.3 is 0 Å². The molecular weight excluding hydrogens is 390 g/mol. The third-order valence-electron chi connectivity index (χ3n) is 4.00. The molecule has 0 aromatic heterocycles. The van der Waals surface area contributed by atoms with Crippen LogP contribution in [0.3, 0.4) is 0 Å². The van der Waals surface area contributed by atoms with Crippen molar-refractivity contribution in [3.8, 4) is 0 Å². The quantitative estimate of drug-likeness (QED) is 0.520. The Labute approximate surface area is 170 Å². The van der Waals surface area contributed by atoms with Crippen LogP contribution in [0.4, 0.5) is 17.1 Å². The molecule has 28 heavy (non-hydrogen) atoms. The standard InChI is InChI=1S/C21H21N3O2S2/c1-15-6-12-20(13-7-15)28(25,26)24-18-10-8-17(9-11-18)22-21(27)23-19-5-3-4-16(2)14-19/h3-14,24H,1-2H3,(H2,22,23,27). The summed E-state index contributed by atoms with van der Waals surface area (Å²) in [6.07, 6.45) is 0. The first-order valence-corrected chi connectivity index (χ1v) is 10.6. The maximum Gasteiger partial charge on any atom is 0.261 e. The number of nitrogens with one attached hydrogen (secondary N) is 3. The zero-order valence-corrected chi connectivity index (χ0v) is 17.2. The molecule has 0 aliphatic rings. The summed E-state index contributed by atoms with van der Waals surface area (Å²) in [6.45, 7) is 3.92. The molecule has 0 saturated carbocycles. The predicted octanol–water partition coefficient (Wildman–Crippen LogP) is 4.91. The molecule has 0 radical (unpaired) electrons. The largest absolute Gasteiger partial charge is 0.332 e. The summed E-state index contributed by atoms with van der Waals surface area (Å²) in [6, 6.07) is 21.5. The second kappa shape index (κ2) is 8.41. The number of aryl methyl sites for hydroxylation is 2. The van der Waals surface area contributed by atoms with Crippen LogP contribution in [0.2, 0.25) is 0 Å². The minimum Gasteiger partial charge on any atom is -0.332 e. The average molecular weight is 412 g/mol. The Hall–Kier alpha value is -2.90. The number of rotatable bonds is 5. The van der Waals surface area contributed by atoms with Crippen molar-refractivity contribution in [1.82, 2.24) is 0 Å². The van der Waals surface area contributed by atoms with Crippen LogP contribution in [-0.4, -0.2) is 13.5 Å². The molecule has 0 aliphatic carbocycles. The van der Waals surface area contributed by atoms with Crippen LogP contribution in [0.15, 0.2) is 77.7 Å². The lowest BCUT2D eigenvalue weighted by atomic mass is 10.2. The molecule has 0 spiro atoms. The van der Waals surface area contributed by atoms with Gasteiger partial charge < -0.3 is 10.6 Å². The molecule has 0 atom stereocenters. The highest BCUT2D eigenvalue weighted by molar-refractivity contribution is 7.92. The van der Waals surface area contributed by atoms with Gasteiger partial charge in [0.1, 0.15) is 0 Å². The van der Waals surface area contributed by atoms with Crippen molar-refractivity contribution in [3.63, 3.8) is 0 Å². The lowest BCUT2D eigenvalue weighted by Crippen LogP contribution is -2.19. The number of hydrogen-bond acceptors (Lipinski definition) is 3. The Morgan fingerprint density at radius 2 is 1.36 bits per heavy atom. The average Bonchev–Trinajstić information content (AvgIpc) is 2.63. The number of benzene rings is 3. The van der Waals surface area contributed by atoms with Crippen molar-refractivity contribution in [2.24, 2.45) is 0 Å². The number of sulfonamides is 1. The van der Waals surface area contributed by atoms with Crippen molar-refractivity contribution < 1.29 is 8.42 Å². The monoisotopic (exact) mass is 411 g/mol. The van der Waals surface area contributed by atoms with Crippen LogP contribution in [0.1, 0.15) is 11.1 Å². The molecule has 0 fully saturated rings. The molecule has 5 nitrogen and oxygen atoms in total. The lowest BCUT2D eigenvalue weighted by molar-refractivity contribution is 0.601. The number of thiocarbonyl (C=S) groups is 1. The van der Waals surface area contributed by atoms with Gasteiger partial charge in [0.05, 0.1) is 4.90 Å². The molecule has 0 saturated heterocycles. The predicted molar refractivity (Wildman–Crippen MR) is 119 cm³/mol. The van der Waals surface area contributed by atoms with Crippen LogP contribution < -0.4 is 15.4 Å². The van der Waals surface area contributed by atoms with Crippen molar-refractivity contribution in [2.75, 3.05) is 15.4 Å². The van der Waals surface area contributed by atoms with Crippen LogP contribution in [-0.2, 0) is 10.0 Å². The third-order valence-corrected chi connectivity index (χ3v) is 5.60. The fourth-order valence-corrected chi connectivity index (χ4v) is 3.86. The summed E-state index contributed by atoms with van der Waals surface area (Å²) >= 11 is 5.32. The van der Waals surface area contributed by atoms with Crippen LogP contribution in [0.5, 0.6) is 0 Å². The second-order valence-electron chi connectivity index (χ2n) is 6.44. The van der Waals surface area contributed by atoms with E-state index in [0.29, 0.717) is 10.8 Å². The topological polar surface area (TPSA) is 70.2 Å². The van der Waals surface area contributed by atoms with Crippen molar-refractivity contribution >= 4 is 44.4 Å². The highest BCUT2D eigenvalue weighted by atomic mass is 32.2. The first kappa shape index (κ1) is 19.9. The third kappa shape index (κ3) is 5.31. The minimum absolute atomic E-state index is 0.226. The van der Waals surface area contributed by atoms with Crippen molar-refractivity contribution in [2.45, 2.75) is 18.7 Å². The van der Waals surface area contributed by atoms with E-state index in [-0.39, 0.29) is 4.90 Å². The van der Waals surface area contributed by atoms with Crippen LogP contribution in [0.25, 0.3) is 0 Å². The molecule has 0 heterocycles. The molecule has 0 aliphatic heterocycles. The molecule has 0 bridgehead atoms. The number of anilines is 3. The molecule has 0 amide bonds. The van der Waals surface area contributed by atoms with Gasteiger partial charge in [-0.05, 0) is 80.2 Å². The van der Waals surface area contributed by atoms with Gasteiger partial charge in [0, 0.05) is 17.1 Å². The molecule has 7 heteroatoms. The van der Waals surface area contributed by atoms with E-state index in [9.17, 15) is 8.42 Å². The molecule has 3 aromatic carbocycles. The summed E-state index contributed by atoms with van der Waals surface area (Å²) in [7, 11) is -3.62. The first-order valence-electron chi connectivity index (χ1n) is 8.66. The van der Waals surface area contributed by atoms with Gasteiger partial charge in [0.2, 0.25) is 0 Å². The highest BCUT2D eigenvalue weighted by Crippen LogP contribution is 2.19. The van der Waals surface area contributed by atoms with Gasteiger partial charge in [-0.25, -0.2) is 8.42 Å². The Morgan fingerprint density at radius 1 is 0.750 bits per heavy atom. The fraction of sp³-hybridized carbons (Fsp3) is 0.0952. The van der Waals surface area contributed by atoms with Gasteiger partial charge in [-0.15, -0.1) is 0 Å². The van der Waals surface area contributed by atoms with E-state index in [1.54, 1.807) is 48.5 Å². The first-order chi connectivity index (χ1) is 13.3. The smallest absolute Gasteiger partial charge is 0.261 e. The molecule has 3 aromatic rings. The minimum atomic E-state index is -3.62. The zero-order valence-electron chi connectivity index (χ0n) is 15.6. The van der Waals surface area contributed by atoms with Gasteiger partial charge in [0.25, 0.3) is 10.0 Å². The van der Waals surface area contributed by atoms with Crippen LogP contribution in [0, 0.1) is 13.8 Å². The van der Waals surface area contributed by atoms with Crippen LogP contribution >= 0.6 is 12.2 Å². The molecule has 144 valence electrons. The normalized spacial score (nSPS) is 10.9. The van der Waals surface area contributed by atoms with E-state index in [4.69, 9.17) is 12.2 Å². The Balaban J connectivity index is 1.63. The van der Waals surface area contributed by atoms with E-state index in [1.807, 2.05) is 38.1 Å². The van der Waals surface area contributed by atoms with E-state index >= 15 is 0 Å². The summed E-state index contributed by atoms with van der Waals surface area (Å²) in [5.41, 5.74) is 4.27. The molecule has 0 unspecified atom stereocenters. The summed E-state index contributed by atoms with van der Waals surface area (Å²) < 4.78 is 27.5. The van der Waals surface area contributed by atoms with E-state index in [0.717, 1.165) is 22.5 Å². The Morgan fingerprint density at radius 3 is 2.00 bits per heavy atom. The van der Waals surface area contributed by atoms with Gasteiger partial charge in [-0.1, -0.05) is 29.8 Å². The SMILES string of the molecule is Cc1ccc(S(=O)(=O)Nc2ccc(NC(=S)Nc3cccc(C)c3)cc2)cc1. The van der Waals surface area contributed by atoms with E-state index in [2.05, 4.69) is 15.4 Å². The van der Waals surface area contributed by atoms with E-state index in [1.165, 1.54) is 0 Å². The van der Waals surface area contributed by atoms with Crippen molar-refractivity contribution in [1.29, 1.82) is 0 Å². The summed E-state index contributed by atoms with van der Waals surface area (Å²) in [5, 5.41) is 6.66. The maximum absolute atomic E-state index is 12.4. The second-order valence-corrected chi connectivity index (χ2v) is 8.54. The van der Waals surface area contributed by atoms with Gasteiger partial charge in [-0.3, -0.25) is 4.72 Å². The van der Waals surface area contributed by atoms with E-state index < -0.39 is 10.0 Å². The van der Waals surface area contributed by atoms with Gasteiger partial charge in [-0.2, -0.15) is 0 Å². The molecular formula is C21H21N3O2S2.